The van der Waals surface area contributed by atoms with Gasteiger partial charge in [0.2, 0.25) is 0 Å². The van der Waals surface area contributed by atoms with Crippen molar-refractivity contribution in [1.29, 1.82) is 5.26 Å². The van der Waals surface area contributed by atoms with E-state index < -0.39 is 0 Å². The summed E-state index contributed by atoms with van der Waals surface area (Å²) in [6.07, 6.45) is 0. The molecule has 1 aliphatic rings. The zero-order valence-electron chi connectivity index (χ0n) is 21.4. The number of rotatable bonds is 9. The van der Waals surface area contributed by atoms with Gasteiger partial charge in [-0.3, -0.25) is 0 Å². The SMILES string of the molecule is CCOc1ccc(COc2ccc(Nc3nc4cccc(C#N)c4nc3N3CCOCC3)cc2OC)cc1. The first-order valence-electron chi connectivity index (χ1n) is 12.5. The third-order valence-corrected chi connectivity index (χ3v) is 6.16. The molecule has 1 aliphatic heterocycles. The van der Waals surface area contributed by atoms with E-state index in [2.05, 4.69) is 16.3 Å². The first kappa shape index (κ1) is 25.1. The molecule has 0 aliphatic carbocycles. The molecule has 0 atom stereocenters. The number of aromatic nitrogens is 2. The Balaban J connectivity index is 1.40. The minimum absolute atomic E-state index is 0.397. The van der Waals surface area contributed by atoms with Crippen molar-refractivity contribution in [2.24, 2.45) is 0 Å². The Morgan fingerprint density at radius 1 is 1.00 bits per heavy atom. The van der Waals surface area contributed by atoms with Crippen molar-refractivity contribution in [3.05, 3.63) is 71.8 Å². The van der Waals surface area contributed by atoms with Crippen LogP contribution < -0.4 is 24.4 Å². The van der Waals surface area contributed by atoms with Crippen LogP contribution >= 0.6 is 0 Å². The highest BCUT2D eigenvalue weighted by atomic mass is 16.5. The van der Waals surface area contributed by atoms with Crippen molar-refractivity contribution < 1.29 is 18.9 Å². The minimum atomic E-state index is 0.397. The third kappa shape index (κ3) is 5.56. The number of nitriles is 1. The first-order chi connectivity index (χ1) is 18.7. The van der Waals surface area contributed by atoms with Crippen molar-refractivity contribution in [3.63, 3.8) is 0 Å². The number of methoxy groups -OCH3 is 1. The summed E-state index contributed by atoms with van der Waals surface area (Å²) in [5.41, 5.74) is 3.51. The Hall–Kier alpha value is -4.55. The van der Waals surface area contributed by atoms with Crippen LogP contribution in [0.5, 0.6) is 17.2 Å². The maximum Gasteiger partial charge on any atom is 0.174 e. The number of nitrogens with zero attached hydrogens (tertiary/aromatic N) is 4. The Labute approximate surface area is 221 Å². The molecule has 0 saturated carbocycles. The molecule has 4 aromatic rings. The van der Waals surface area contributed by atoms with Crippen molar-refractivity contribution >= 4 is 28.4 Å². The van der Waals surface area contributed by atoms with E-state index in [1.807, 2.05) is 61.5 Å². The number of ether oxygens (including phenoxy) is 4. The first-order valence-corrected chi connectivity index (χ1v) is 12.5. The average Bonchev–Trinajstić information content (AvgIpc) is 2.97. The van der Waals surface area contributed by atoms with Crippen LogP contribution in [0.4, 0.5) is 17.3 Å². The zero-order valence-corrected chi connectivity index (χ0v) is 21.4. The van der Waals surface area contributed by atoms with Gasteiger partial charge in [-0.05, 0) is 48.9 Å². The predicted molar refractivity (Wildman–Crippen MR) is 146 cm³/mol. The highest BCUT2D eigenvalue weighted by Crippen LogP contribution is 2.34. The molecular formula is C29H29N5O4. The molecule has 38 heavy (non-hydrogen) atoms. The second-order valence-corrected chi connectivity index (χ2v) is 8.64. The lowest BCUT2D eigenvalue weighted by atomic mass is 10.2. The van der Waals surface area contributed by atoms with E-state index in [1.54, 1.807) is 13.2 Å². The van der Waals surface area contributed by atoms with E-state index in [1.165, 1.54) is 0 Å². The molecule has 1 N–H and O–H groups in total. The number of hydrogen-bond acceptors (Lipinski definition) is 9. The van der Waals surface area contributed by atoms with Crippen LogP contribution in [0.15, 0.2) is 60.7 Å². The van der Waals surface area contributed by atoms with Crippen molar-refractivity contribution in [1.82, 2.24) is 9.97 Å². The van der Waals surface area contributed by atoms with Gasteiger partial charge in [-0.2, -0.15) is 5.26 Å². The summed E-state index contributed by atoms with van der Waals surface area (Å²) >= 11 is 0. The largest absolute Gasteiger partial charge is 0.494 e. The van der Waals surface area contributed by atoms with Gasteiger partial charge in [-0.1, -0.05) is 18.2 Å². The van der Waals surface area contributed by atoms with Crippen molar-refractivity contribution in [3.8, 4) is 23.3 Å². The van der Waals surface area contributed by atoms with Crippen LogP contribution in [0.1, 0.15) is 18.1 Å². The molecule has 0 unspecified atom stereocenters. The van der Waals surface area contributed by atoms with Crippen molar-refractivity contribution in [2.45, 2.75) is 13.5 Å². The van der Waals surface area contributed by atoms with Gasteiger partial charge < -0.3 is 29.2 Å². The van der Waals surface area contributed by atoms with Gasteiger partial charge in [0.05, 0.1) is 38.0 Å². The summed E-state index contributed by atoms with van der Waals surface area (Å²) in [6.45, 7) is 5.57. The number of benzene rings is 3. The molecule has 0 radical (unpaired) electrons. The average molecular weight is 512 g/mol. The Morgan fingerprint density at radius 2 is 1.82 bits per heavy atom. The van der Waals surface area contributed by atoms with E-state index in [0.29, 0.717) is 79.2 Å². The summed E-state index contributed by atoms with van der Waals surface area (Å²) in [6, 6.07) is 21.1. The minimum Gasteiger partial charge on any atom is -0.494 e. The third-order valence-electron chi connectivity index (χ3n) is 6.16. The van der Waals surface area contributed by atoms with Gasteiger partial charge in [-0.25, -0.2) is 9.97 Å². The number of para-hydroxylation sites is 1. The van der Waals surface area contributed by atoms with Crippen LogP contribution in [0, 0.1) is 11.3 Å². The van der Waals surface area contributed by atoms with Crippen molar-refractivity contribution in [2.75, 3.05) is 50.2 Å². The fourth-order valence-electron chi connectivity index (χ4n) is 4.25. The second-order valence-electron chi connectivity index (χ2n) is 8.64. The Kier molecular flexibility index (Phi) is 7.71. The zero-order chi connectivity index (χ0) is 26.3. The van der Waals surface area contributed by atoms with Crippen LogP contribution in [0.3, 0.4) is 0 Å². The number of anilines is 3. The summed E-state index contributed by atoms with van der Waals surface area (Å²) in [4.78, 5) is 11.8. The molecule has 2 heterocycles. The molecule has 5 rings (SSSR count). The van der Waals surface area contributed by atoms with Crippen LogP contribution in [0.25, 0.3) is 11.0 Å². The smallest absolute Gasteiger partial charge is 0.174 e. The molecule has 1 fully saturated rings. The monoisotopic (exact) mass is 511 g/mol. The summed E-state index contributed by atoms with van der Waals surface area (Å²) in [5.74, 6) is 3.33. The fourth-order valence-corrected chi connectivity index (χ4v) is 4.25. The molecule has 3 aromatic carbocycles. The second kappa shape index (κ2) is 11.7. The van der Waals surface area contributed by atoms with Crippen LogP contribution in [-0.4, -0.2) is 50.0 Å². The van der Waals surface area contributed by atoms with Gasteiger partial charge in [0.15, 0.2) is 23.1 Å². The molecule has 0 spiro atoms. The van der Waals surface area contributed by atoms with Gasteiger partial charge in [0.1, 0.15) is 23.9 Å². The molecule has 0 bridgehead atoms. The van der Waals surface area contributed by atoms with E-state index in [4.69, 9.17) is 28.9 Å². The maximum absolute atomic E-state index is 9.58. The number of morpholine rings is 1. The Bertz CT molecular complexity index is 1450. The summed E-state index contributed by atoms with van der Waals surface area (Å²) < 4.78 is 22.7. The number of fused-ring (bicyclic) bond motifs is 1. The maximum atomic E-state index is 9.58. The van der Waals surface area contributed by atoms with E-state index in [-0.39, 0.29) is 0 Å². The lowest BCUT2D eigenvalue weighted by Gasteiger charge is -2.29. The molecule has 1 aromatic heterocycles. The molecule has 1 saturated heterocycles. The van der Waals surface area contributed by atoms with E-state index in [9.17, 15) is 5.26 Å². The lowest BCUT2D eigenvalue weighted by molar-refractivity contribution is 0.122. The standard InChI is InChI=1S/C29H29N5O4/c1-3-37-23-10-7-20(8-11-23)19-38-25-12-9-22(17-26(25)35-2)31-28-29(34-13-15-36-16-14-34)33-27-21(18-30)5-4-6-24(27)32-28/h4-12,17H,3,13-16,19H2,1-2H3,(H,31,32). The molecular weight excluding hydrogens is 482 g/mol. The molecule has 0 amide bonds. The lowest BCUT2D eigenvalue weighted by Crippen LogP contribution is -2.37. The molecule has 9 heteroatoms. The topological polar surface area (TPSA) is 102 Å². The fraction of sp³-hybridized carbons (Fsp3) is 0.276. The van der Waals surface area contributed by atoms with Gasteiger partial charge >= 0.3 is 0 Å². The normalized spacial score (nSPS) is 13.1. The molecule has 9 nitrogen and oxygen atoms in total. The highest BCUT2D eigenvalue weighted by Gasteiger charge is 2.20. The quantitative estimate of drug-likeness (QED) is 0.330. The highest BCUT2D eigenvalue weighted by molar-refractivity contribution is 5.86. The van der Waals surface area contributed by atoms with Gasteiger partial charge in [-0.15, -0.1) is 0 Å². The number of hydrogen-bond donors (Lipinski definition) is 1. The summed E-state index contributed by atoms with van der Waals surface area (Å²) in [7, 11) is 1.61. The van der Waals surface area contributed by atoms with E-state index >= 15 is 0 Å². The van der Waals surface area contributed by atoms with Gasteiger partial charge in [0.25, 0.3) is 0 Å². The van der Waals surface area contributed by atoms with Crippen LogP contribution in [0.2, 0.25) is 0 Å². The van der Waals surface area contributed by atoms with Crippen LogP contribution in [-0.2, 0) is 11.3 Å². The predicted octanol–water partition coefficient (Wildman–Crippen LogP) is 5.07. The molecule has 194 valence electrons. The summed E-state index contributed by atoms with van der Waals surface area (Å²) in [5, 5.41) is 13.0. The Morgan fingerprint density at radius 3 is 2.55 bits per heavy atom. The van der Waals surface area contributed by atoms with Gasteiger partial charge in [0, 0.05) is 24.8 Å². The number of nitrogens with one attached hydrogen (secondary N) is 1. The van der Waals surface area contributed by atoms with E-state index in [0.717, 1.165) is 17.0 Å².